The van der Waals surface area contributed by atoms with Crippen molar-refractivity contribution in [3.63, 3.8) is 0 Å². The van der Waals surface area contributed by atoms with E-state index in [4.69, 9.17) is 9.15 Å². The largest absolute Gasteiger partial charge is 0.490 e. The summed E-state index contributed by atoms with van der Waals surface area (Å²) >= 11 is 0. The van der Waals surface area contributed by atoms with Gasteiger partial charge in [-0.25, -0.2) is 4.98 Å². The van der Waals surface area contributed by atoms with E-state index in [0.29, 0.717) is 48.5 Å². The van der Waals surface area contributed by atoms with Crippen molar-refractivity contribution in [3.05, 3.63) is 48.0 Å². The first-order valence-corrected chi connectivity index (χ1v) is 9.69. The third-order valence-electron chi connectivity index (χ3n) is 4.16. The number of hydrogen-bond donors (Lipinski definition) is 3. The average Bonchev–Trinajstić information content (AvgIpc) is 3.44. The minimum absolute atomic E-state index is 0.00872. The fourth-order valence-electron chi connectivity index (χ4n) is 2.81. The Labute approximate surface area is 177 Å². The summed E-state index contributed by atoms with van der Waals surface area (Å²) in [6.07, 6.45) is 2.12. The van der Waals surface area contributed by atoms with E-state index in [0.717, 1.165) is 0 Å². The Balaban J connectivity index is 1.54. The van der Waals surface area contributed by atoms with Gasteiger partial charge in [0, 0.05) is 32.1 Å². The summed E-state index contributed by atoms with van der Waals surface area (Å²) in [4.78, 5) is 8.52. The molecule has 0 aliphatic rings. The van der Waals surface area contributed by atoms with Gasteiger partial charge in [0.15, 0.2) is 23.2 Å². The summed E-state index contributed by atoms with van der Waals surface area (Å²) < 4.78 is 41.1. The monoisotopic (exact) mass is 434 g/mol. The first kappa shape index (κ1) is 22.1. The second-order valence-electron chi connectivity index (χ2n) is 6.24. The fourth-order valence-corrected chi connectivity index (χ4v) is 2.81. The van der Waals surface area contributed by atoms with Crippen molar-refractivity contribution in [2.45, 2.75) is 26.5 Å². The minimum Gasteiger partial charge on any atom is -0.490 e. The molecule has 0 atom stereocenters. The standard InChI is InChI=1S/C20H24F2N6O3/c1-3-29-14-7-4-6-13(17(14)31-19(21)22)12-25-20(23-2)24-10-9-16-26-18(28-27-16)15-8-5-11-30-15/h4-8,11,19H,3,9-10,12H2,1-2H3,(H2,23,24,25)(H,26,27,28). The fraction of sp³-hybridized carbons (Fsp3) is 0.350. The maximum atomic E-state index is 12.9. The molecule has 3 rings (SSSR count). The van der Waals surface area contributed by atoms with E-state index in [-0.39, 0.29) is 18.0 Å². The first-order chi connectivity index (χ1) is 15.1. The number of nitrogens with zero attached hydrogens (tertiary/aromatic N) is 3. The summed E-state index contributed by atoms with van der Waals surface area (Å²) in [5.74, 6) is 2.53. The maximum Gasteiger partial charge on any atom is 0.387 e. The van der Waals surface area contributed by atoms with Crippen LogP contribution in [0.2, 0.25) is 0 Å². The Morgan fingerprint density at radius 3 is 2.84 bits per heavy atom. The minimum atomic E-state index is -2.95. The Morgan fingerprint density at radius 2 is 2.13 bits per heavy atom. The van der Waals surface area contributed by atoms with Crippen LogP contribution in [-0.4, -0.2) is 48.0 Å². The summed E-state index contributed by atoms with van der Waals surface area (Å²) in [5, 5.41) is 13.2. The second kappa shape index (κ2) is 11.0. The van der Waals surface area contributed by atoms with Gasteiger partial charge in [0.25, 0.3) is 0 Å². The third-order valence-corrected chi connectivity index (χ3v) is 4.16. The van der Waals surface area contributed by atoms with Crippen LogP contribution >= 0.6 is 0 Å². The number of benzene rings is 1. The number of nitrogens with one attached hydrogen (secondary N) is 3. The molecule has 9 nitrogen and oxygen atoms in total. The Hall–Kier alpha value is -3.63. The van der Waals surface area contributed by atoms with Crippen molar-refractivity contribution in [2.75, 3.05) is 20.2 Å². The molecule has 3 aromatic rings. The van der Waals surface area contributed by atoms with Gasteiger partial charge >= 0.3 is 6.61 Å². The molecule has 11 heteroatoms. The highest BCUT2D eigenvalue weighted by Crippen LogP contribution is 2.32. The van der Waals surface area contributed by atoms with E-state index in [1.54, 1.807) is 50.6 Å². The number of aromatic nitrogens is 3. The molecule has 0 saturated carbocycles. The van der Waals surface area contributed by atoms with Gasteiger partial charge in [0.1, 0.15) is 5.82 Å². The molecule has 0 unspecified atom stereocenters. The van der Waals surface area contributed by atoms with Crippen LogP contribution in [0.15, 0.2) is 46.0 Å². The van der Waals surface area contributed by atoms with Crippen LogP contribution in [0.4, 0.5) is 8.78 Å². The number of aromatic amines is 1. The van der Waals surface area contributed by atoms with Gasteiger partial charge in [-0.15, -0.1) is 0 Å². The van der Waals surface area contributed by atoms with Gasteiger partial charge in [-0.05, 0) is 25.1 Å². The van der Waals surface area contributed by atoms with Gasteiger partial charge in [0.2, 0.25) is 5.82 Å². The van der Waals surface area contributed by atoms with E-state index < -0.39 is 6.61 Å². The number of hydrogen-bond acceptors (Lipinski definition) is 6. The number of rotatable bonds is 10. The number of furan rings is 1. The lowest BCUT2D eigenvalue weighted by Crippen LogP contribution is -2.38. The summed E-state index contributed by atoms with van der Waals surface area (Å²) in [6, 6.07) is 8.54. The molecule has 0 spiro atoms. The lowest BCUT2D eigenvalue weighted by atomic mass is 10.2. The molecule has 2 aromatic heterocycles. The second-order valence-corrected chi connectivity index (χ2v) is 6.24. The van der Waals surface area contributed by atoms with E-state index in [1.807, 2.05) is 0 Å². The first-order valence-electron chi connectivity index (χ1n) is 9.69. The van der Waals surface area contributed by atoms with Gasteiger partial charge in [0.05, 0.1) is 12.9 Å². The SMILES string of the molecule is CCOc1cccc(CNC(=NC)NCCc2nc(-c3ccco3)n[nH]2)c1OC(F)F. The van der Waals surface area contributed by atoms with Crippen LogP contribution < -0.4 is 20.1 Å². The third kappa shape index (κ3) is 6.17. The molecule has 0 aliphatic heterocycles. The number of halogens is 2. The molecule has 2 heterocycles. The molecule has 0 fully saturated rings. The Morgan fingerprint density at radius 1 is 1.26 bits per heavy atom. The molecule has 31 heavy (non-hydrogen) atoms. The highest BCUT2D eigenvalue weighted by molar-refractivity contribution is 5.79. The summed E-state index contributed by atoms with van der Waals surface area (Å²) in [5.41, 5.74) is 0.521. The summed E-state index contributed by atoms with van der Waals surface area (Å²) in [6.45, 7) is -0.108. The molecule has 1 aromatic carbocycles. The van der Waals surface area contributed by atoms with E-state index >= 15 is 0 Å². The molecule has 3 N–H and O–H groups in total. The number of H-pyrrole nitrogens is 1. The van der Waals surface area contributed by atoms with Crippen LogP contribution in [0.5, 0.6) is 11.5 Å². The zero-order valence-corrected chi connectivity index (χ0v) is 17.2. The van der Waals surface area contributed by atoms with Crippen molar-refractivity contribution in [1.82, 2.24) is 25.8 Å². The van der Waals surface area contributed by atoms with Crippen molar-refractivity contribution in [2.24, 2.45) is 4.99 Å². The van der Waals surface area contributed by atoms with E-state index in [9.17, 15) is 8.78 Å². The van der Waals surface area contributed by atoms with Gasteiger partial charge < -0.3 is 24.5 Å². The van der Waals surface area contributed by atoms with Crippen molar-refractivity contribution in [1.29, 1.82) is 0 Å². The van der Waals surface area contributed by atoms with Crippen LogP contribution in [0.1, 0.15) is 18.3 Å². The molecule has 0 amide bonds. The smallest absolute Gasteiger partial charge is 0.387 e. The van der Waals surface area contributed by atoms with Gasteiger partial charge in [-0.1, -0.05) is 12.1 Å². The highest BCUT2D eigenvalue weighted by atomic mass is 19.3. The highest BCUT2D eigenvalue weighted by Gasteiger charge is 2.16. The Kier molecular flexibility index (Phi) is 7.79. The van der Waals surface area contributed by atoms with E-state index in [2.05, 4.69) is 35.5 Å². The van der Waals surface area contributed by atoms with Gasteiger partial charge in [-0.3, -0.25) is 10.1 Å². The maximum absolute atomic E-state index is 12.9. The number of alkyl halides is 2. The molecule has 0 radical (unpaired) electrons. The number of aliphatic imine (C=N–C) groups is 1. The van der Waals surface area contributed by atoms with Crippen molar-refractivity contribution < 1.29 is 22.7 Å². The normalized spacial score (nSPS) is 11.6. The van der Waals surface area contributed by atoms with Gasteiger partial charge in [-0.2, -0.15) is 13.9 Å². The number of ether oxygens (including phenoxy) is 2. The van der Waals surface area contributed by atoms with Crippen LogP contribution in [-0.2, 0) is 13.0 Å². The molecule has 0 saturated heterocycles. The Bertz CT molecular complexity index is 975. The lowest BCUT2D eigenvalue weighted by molar-refractivity contribution is -0.0520. The molecule has 0 bridgehead atoms. The predicted octanol–water partition coefficient (Wildman–Crippen LogP) is 2.97. The van der Waals surface area contributed by atoms with Crippen LogP contribution in [0.3, 0.4) is 0 Å². The topological polar surface area (TPSA) is 110 Å². The van der Waals surface area contributed by atoms with Crippen LogP contribution in [0, 0.1) is 0 Å². The van der Waals surface area contributed by atoms with Crippen molar-refractivity contribution in [3.8, 4) is 23.1 Å². The lowest BCUT2D eigenvalue weighted by Gasteiger charge is -2.17. The zero-order valence-electron chi connectivity index (χ0n) is 17.2. The van der Waals surface area contributed by atoms with Crippen molar-refractivity contribution >= 4 is 5.96 Å². The number of para-hydroxylation sites is 1. The summed E-state index contributed by atoms with van der Waals surface area (Å²) in [7, 11) is 1.62. The predicted molar refractivity (Wildman–Crippen MR) is 110 cm³/mol. The average molecular weight is 434 g/mol. The number of guanidine groups is 1. The quantitative estimate of drug-likeness (QED) is 0.332. The molecule has 0 aliphatic carbocycles. The van der Waals surface area contributed by atoms with Crippen LogP contribution in [0.25, 0.3) is 11.6 Å². The molecule has 166 valence electrons. The molecular weight excluding hydrogens is 410 g/mol. The van der Waals surface area contributed by atoms with E-state index in [1.165, 1.54) is 0 Å². The zero-order chi connectivity index (χ0) is 22.1. The molecular formula is C20H24F2N6O3.